The lowest BCUT2D eigenvalue weighted by molar-refractivity contribution is -0.367. The molecule has 0 saturated carbocycles. The number of amidine groups is 2. The summed E-state index contributed by atoms with van der Waals surface area (Å²) in [5.41, 5.74) is 0.570. The molecule has 11 heteroatoms. The minimum atomic E-state index is -0.774. The Kier molecular flexibility index (Phi) is 5.78. The number of hydrogen-bond acceptors (Lipinski definition) is 7. The third-order valence-electron chi connectivity index (χ3n) is 4.60. The number of imide groups is 1. The molecular formula is C18H22N5O5S+. The van der Waals surface area contributed by atoms with Crippen molar-refractivity contribution in [2.24, 2.45) is 4.99 Å². The summed E-state index contributed by atoms with van der Waals surface area (Å²) in [5.74, 6) is 1.01. The lowest BCUT2D eigenvalue weighted by Gasteiger charge is -2.27. The van der Waals surface area contributed by atoms with Crippen molar-refractivity contribution in [2.45, 2.75) is 6.04 Å². The van der Waals surface area contributed by atoms with Gasteiger partial charge in [-0.2, -0.15) is 0 Å². The number of carbonyl (C=O) groups excluding carboxylic acids is 3. The Morgan fingerprint density at radius 3 is 2.55 bits per heavy atom. The first-order valence-electron chi connectivity index (χ1n) is 8.66. The van der Waals surface area contributed by atoms with Gasteiger partial charge in [-0.1, -0.05) is 0 Å². The molecule has 1 atom stereocenters. The van der Waals surface area contributed by atoms with Crippen LogP contribution >= 0.6 is 11.8 Å². The Morgan fingerprint density at radius 2 is 1.90 bits per heavy atom. The Labute approximate surface area is 172 Å². The van der Waals surface area contributed by atoms with Crippen molar-refractivity contribution in [1.29, 1.82) is 0 Å². The molecule has 1 aromatic rings. The van der Waals surface area contributed by atoms with Gasteiger partial charge in [-0.3, -0.25) is 14.5 Å². The van der Waals surface area contributed by atoms with Crippen LogP contribution in [0.15, 0.2) is 23.2 Å². The summed E-state index contributed by atoms with van der Waals surface area (Å²) in [6, 6.07) is 3.89. The van der Waals surface area contributed by atoms with E-state index >= 15 is 0 Å². The van der Waals surface area contributed by atoms with Crippen molar-refractivity contribution in [2.75, 3.05) is 46.4 Å². The second kappa shape index (κ2) is 8.11. The highest BCUT2D eigenvalue weighted by Gasteiger charge is 2.51. The largest absolute Gasteiger partial charge is 0.493 e. The van der Waals surface area contributed by atoms with Crippen molar-refractivity contribution >= 4 is 46.3 Å². The van der Waals surface area contributed by atoms with Crippen LogP contribution in [0, 0.1) is 0 Å². The van der Waals surface area contributed by atoms with E-state index in [1.54, 1.807) is 36.9 Å². The number of amides is 4. The Morgan fingerprint density at radius 1 is 1.21 bits per heavy atom. The molecule has 1 N–H and O–H groups in total. The molecule has 3 rings (SSSR count). The van der Waals surface area contributed by atoms with Crippen LogP contribution in [0.5, 0.6) is 11.5 Å². The molecule has 0 spiro atoms. The van der Waals surface area contributed by atoms with E-state index in [1.165, 1.54) is 37.9 Å². The van der Waals surface area contributed by atoms with Crippen LogP contribution in [-0.2, 0) is 9.59 Å². The van der Waals surface area contributed by atoms with Crippen LogP contribution in [0.2, 0.25) is 0 Å². The molecule has 154 valence electrons. The van der Waals surface area contributed by atoms with Gasteiger partial charge in [0.2, 0.25) is 5.91 Å². The molecule has 2 aliphatic rings. The van der Waals surface area contributed by atoms with Gasteiger partial charge in [-0.25, -0.2) is 14.3 Å². The van der Waals surface area contributed by atoms with Crippen molar-refractivity contribution in [3.63, 3.8) is 0 Å². The molecule has 10 nitrogen and oxygen atoms in total. The maximum Gasteiger partial charge on any atom is 0.388 e. The molecule has 2 heterocycles. The SMILES string of the molecule is COc1ccc(NC(=O)CSC2=NC3C(=O)N(C)C(=O)N(C)C3=[N+]2C)cc1OC. The molecule has 2 aliphatic heterocycles. The fourth-order valence-corrected chi connectivity index (χ4v) is 3.89. The van der Waals surface area contributed by atoms with Crippen molar-refractivity contribution in [3.8, 4) is 11.5 Å². The summed E-state index contributed by atoms with van der Waals surface area (Å²) < 4.78 is 12.1. The first kappa shape index (κ1) is 20.6. The highest BCUT2D eigenvalue weighted by Crippen LogP contribution is 2.30. The zero-order chi connectivity index (χ0) is 21.3. The Bertz CT molecular complexity index is 945. The van der Waals surface area contributed by atoms with E-state index in [9.17, 15) is 14.4 Å². The second-order valence-corrected chi connectivity index (χ2v) is 7.32. The van der Waals surface area contributed by atoms with E-state index in [4.69, 9.17) is 9.47 Å². The Balaban J connectivity index is 1.67. The van der Waals surface area contributed by atoms with Gasteiger partial charge in [0.1, 0.15) is 0 Å². The molecule has 29 heavy (non-hydrogen) atoms. The van der Waals surface area contributed by atoms with Gasteiger partial charge >= 0.3 is 6.03 Å². The topological polar surface area (TPSA) is 104 Å². The summed E-state index contributed by atoms with van der Waals surface area (Å²) >= 11 is 1.19. The number of fused-ring (bicyclic) bond motifs is 1. The molecule has 0 radical (unpaired) electrons. The van der Waals surface area contributed by atoms with Gasteiger partial charge in [0.05, 0.1) is 34.1 Å². The van der Waals surface area contributed by atoms with Crippen LogP contribution in [0.25, 0.3) is 0 Å². The van der Waals surface area contributed by atoms with Crippen molar-refractivity contribution < 1.29 is 28.4 Å². The van der Waals surface area contributed by atoms with Gasteiger partial charge in [0.25, 0.3) is 23.0 Å². The van der Waals surface area contributed by atoms with Gasteiger partial charge in [0, 0.05) is 18.8 Å². The number of nitrogens with one attached hydrogen (secondary N) is 1. The highest BCUT2D eigenvalue weighted by atomic mass is 32.2. The highest BCUT2D eigenvalue weighted by molar-refractivity contribution is 8.14. The number of anilines is 1. The van der Waals surface area contributed by atoms with Crippen LogP contribution in [0.1, 0.15) is 0 Å². The second-order valence-electron chi connectivity index (χ2n) is 6.38. The summed E-state index contributed by atoms with van der Waals surface area (Å²) in [6.07, 6.45) is 0. The first-order chi connectivity index (χ1) is 13.8. The molecule has 1 unspecified atom stereocenters. The number of methoxy groups -OCH3 is 2. The first-order valence-corrected chi connectivity index (χ1v) is 9.65. The van der Waals surface area contributed by atoms with E-state index < -0.39 is 12.1 Å². The summed E-state index contributed by atoms with van der Waals surface area (Å²) in [4.78, 5) is 43.7. The maximum absolute atomic E-state index is 12.4. The molecule has 4 amide bonds. The summed E-state index contributed by atoms with van der Waals surface area (Å²) in [6.45, 7) is 0. The smallest absolute Gasteiger partial charge is 0.388 e. The van der Waals surface area contributed by atoms with Crippen molar-refractivity contribution in [3.05, 3.63) is 18.2 Å². The average molecular weight is 420 g/mol. The standard InChI is InChI=1S/C18H21N5O5S/c1-21-15-14(16(25)23(3)18(26)22(15)2)20-17(21)29-9-13(24)19-10-6-7-11(27-4)12(8-10)28-5/h6-8,14H,9H2,1-5H3/p+1. The zero-order valence-electron chi connectivity index (χ0n) is 16.8. The molecular weight excluding hydrogens is 398 g/mol. The van der Waals surface area contributed by atoms with Gasteiger partial charge in [0.15, 0.2) is 11.5 Å². The zero-order valence-corrected chi connectivity index (χ0v) is 17.6. The van der Waals surface area contributed by atoms with Crippen molar-refractivity contribution in [1.82, 2.24) is 9.80 Å². The number of rotatable bonds is 5. The van der Waals surface area contributed by atoms with E-state index in [-0.39, 0.29) is 17.6 Å². The number of thioether (sulfide) groups is 1. The lowest BCUT2D eigenvalue weighted by atomic mass is 10.2. The predicted molar refractivity (Wildman–Crippen MR) is 109 cm³/mol. The van der Waals surface area contributed by atoms with Crippen LogP contribution in [0.4, 0.5) is 10.5 Å². The Hall–Kier alpha value is -3.08. The van der Waals surface area contributed by atoms with E-state index in [0.717, 1.165) is 4.90 Å². The minimum absolute atomic E-state index is 0.0825. The van der Waals surface area contributed by atoms with Gasteiger partial charge in [-0.15, -0.1) is 4.99 Å². The van der Waals surface area contributed by atoms with Crippen LogP contribution in [0.3, 0.4) is 0 Å². The predicted octanol–water partition coefficient (Wildman–Crippen LogP) is 0.678. The summed E-state index contributed by atoms with van der Waals surface area (Å²) in [5, 5.41) is 3.28. The third-order valence-corrected chi connectivity index (χ3v) is 5.64. The van der Waals surface area contributed by atoms with E-state index in [1.807, 2.05) is 0 Å². The van der Waals surface area contributed by atoms with Crippen LogP contribution in [-0.4, -0.2) is 90.4 Å². The number of carbonyl (C=O) groups is 3. The maximum atomic E-state index is 12.4. The number of hydrogen-bond donors (Lipinski definition) is 1. The summed E-state index contributed by atoms with van der Waals surface area (Å²) in [7, 11) is 7.79. The average Bonchev–Trinajstić information content (AvgIpc) is 3.05. The molecule has 0 bridgehead atoms. The monoisotopic (exact) mass is 420 g/mol. The molecule has 0 aliphatic carbocycles. The molecule has 1 fully saturated rings. The molecule has 0 aromatic heterocycles. The number of likely N-dealkylation sites (N-methyl/N-ethyl adjacent to an activating group) is 2. The fourth-order valence-electron chi connectivity index (χ4n) is 3.09. The van der Waals surface area contributed by atoms with Crippen LogP contribution < -0.4 is 14.8 Å². The van der Waals surface area contributed by atoms with E-state index in [0.29, 0.717) is 28.2 Å². The lowest BCUT2D eigenvalue weighted by Crippen LogP contribution is -2.59. The third kappa shape index (κ3) is 3.77. The number of benzene rings is 1. The number of ether oxygens (including phenoxy) is 2. The van der Waals surface area contributed by atoms with Gasteiger partial charge in [-0.05, 0) is 23.9 Å². The normalized spacial score (nSPS) is 18.7. The molecule has 1 aromatic carbocycles. The number of urea groups is 1. The molecule has 1 saturated heterocycles. The van der Waals surface area contributed by atoms with E-state index in [2.05, 4.69) is 10.3 Å². The fraction of sp³-hybridized carbons (Fsp3) is 0.389. The minimum Gasteiger partial charge on any atom is -0.493 e. The van der Waals surface area contributed by atoms with Gasteiger partial charge < -0.3 is 14.8 Å². The quantitative estimate of drug-likeness (QED) is 0.703. The number of aliphatic imine (C=N–C) groups is 1. The number of nitrogens with zero attached hydrogens (tertiary/aromatic N) is 4.